The lowest BCUT2D eigenvalue weighted by Crippen LogP contribution is -2.25. The molecular weight excluding hydrogens is 395 g/mol. The van der Waals surface area contributed by atoms with Crippen LogP contribution < -0.4 is 0 Å². The van der Waals surface area contributed by atoms with Gasteiger partial charge in [0.2, 0.25) is 0 Å². The predicted octanol–water partition coefficient (Wildman–Crippen LogP) is 9.16. The Morgan fingerprint density at radius 3 is 2.00 bits per heavy atom. The van der Waals surface area contributed by atoms with Gasteiger partial charge in [0.1, 0.15) is 5.82 Å². The number of unbranched alkanes of at least 4 members (excludes halogenated alkanes) is 2. The molecule has 0 radical (unpaired) electrons. The van der Waals surface area contributed by atoms with Crippen molar-refractivity contribution < 1.29 is 9.13 Å². The third-order valence-corrected chi connectivity index (χ3v) is 9.49. The molecule has 0 aromatic heterocycles. The molecule has 0 unspecified atom stereocenters. The highest BCUT2D eigenvalue weighted by Gasteiger charge is 2.32. The smallest absolute Gasteiger partial charge is 0.126 e. The average Bonchev–Trinajstić information content (AvgIpc) is 2.85. The molecule has 1 aromatic rings. The van der Waals surface area contributed by atoms with Crippen LogP contribution in [0.5, 0.6) is 0 Å². The minimum Gasteiger partial charge on any atom is -0.381 e. The monoisotopic (exact) mass is 442 g/mol. The molecule has 0 N–H and O–H groups in total. The van der Waals surface area contributed by atoms with E-state index >= 15 is 4.39 Å². The van der Waals surface area contributed by atoms with E-state index in [1.54, 1.807) is 7.11 Å². The Bertz CT molecular complexity index is 676. The van der Waals surface area contributed by atoms with E-state index in [4.69, 9.17) is 4.74 Å². The fourth-order valence-corrected chi connectivity index (χ4v) is 7.29. The largest absolute Gasteiger partial charge is 0.381 e. The van der Waals surface area contributed by atoms with Gasteiger partial charge in [0, 0.05) is 7.11 Å². The Morgan fingerprint density at radius 2 is 1.41 bits per heavy atom. The average molecular weight is 443 g/mol. The molecule has 32 heavy (non-hydrogen) atoms. The van der Waals surface area contributed by atoms with Crippen molar-refractivity contribution in [1.29, 1.82) is 0 Å². The normalized spacial score (nSPS) is 33.8. The lowest BCUT2D eigenvalue weighted by atomic mass is 9.68. The molecule has 1 nitrogen and oxygen atoms in total. The number of methoxy groups -OCH3 is 1. The summed E-state index contributed by atoms with van der Waals surface area (Å²) in [5, 5.41) is 0. The molecule has 2 heteroatoms. The SMILES string of the molecule is CCCCCC1CCC(C2CCC(c3ccc(C4CCC(OC)CC4)c(F)c3)CC2)CC1. The zero-order valence-corrected chi connectivity index (χ0v) is 20.8. The van der Waals surface area contributed by atoms with Gasteiger partial charge in [-0.15, -0.1) is 0 Å². The van der Waals surface area contributed by atoms with E-state index in [0.717, 1.165) is 49.0 Å². The van der Waals surface area contributed by atoms with Gasteiger partial charge in [0.05, 0.1) is 6.10 Å². The van der Waals surface area contributed by atoms with Crippen molar-refractivity contribution >= 4 is 0 Å². The van der Waals surface area contributed by atoms with Crippen molar-refractivity contribution in [3.63, 3.8) is 0 Å². The molecular formula is C30H47FO. The van der Waals surface area contributed by atoms with E-state index in [9.17, 15) is 0 Å². The van der Waals surface area contributed by atoms with Gasteiger partial charge in [-0.2, -0.15) is 0 Å². The first kappa shape index (κ1) is 24.2. The Hall–Kier alpha value is -0.890. The molecule has 0 amide bonds. The third-order valence-electron chi connectivity index (χ3n) is 9.49. The minimum absolute atomic E-state index is 0.0480. The van der Waals surface area contributed by atoms with E-state index in [0.29, 0.717) is 17.9 Å². The van der Waals surface area contributed by atoms with E-state index < -0.39 is 0 Å². The van der Waals surface area contributed by atoms with Gasteiger partial charge < -0.3 is 4.74 Å². The van der Waals surface area contributed by atoms with Gasteiger partial charge in [0.15, 0.2) is 0 Å². The van der Waals surface area contributed by atoms with E-state index in [2.05, 4.69) is 19.1 Å². The fourth-order valence-electron chi connectivity index (χ4n) is 7.29. The lowest BCUT2D eigenvalue weighted by Gasteiger charge is -2.38. The Balaban J connectivity index is 1.24. The second kappa shape index (κ2) is 12.0. The Kier molecular flexibility index (Phi) is 9.09. The summed E-state index contributed by atoms with van der Waals surface area (Å²) in [6.07, 6.45) is 21.5. The lowest BCUT2D eigenvalue weighted by molar-refractivity contribution is 0.0655. The maximum atomic E-state index is 15.1. The Morgan fingerprint density at radius 1 is 0.781 bits per heavy atom. The molecule has 3 aliphatic carbocycles. The van der Waals surface area contributed by atoms with Gasteiger partial charge in [0.25, 0.3) is 0 Å². The van der Waals surface area contributed by atoms with E-state index in [1.165, 1.54) is 82.6 Å². The van der Waals surface area contributed by atoms with Crippen molar-refractivity contribution in [3.05, 3.63) is 35.1 Å². The highest BCUT2D eigenvalue weighted by molar-refractivity contribution is 5.30. The summed E-state index contributed by atoms with van der Waals surface area (Å²) in [5.41, 5.74) is 2.21. The molecule has 0 aliphatic heterocycles. The molecule has 3 aliphatic rings. The van der Waals surface area contributed by atoms with Crippen molar-refractivity contribution in [2.75, 3.05) is 7.11 Å². The van der Waals surface area contributed by atoms with Gasteiger partial charge >= 0.3 is 0 Å². The van der Waals surface area contributed by atoms with Crippen LogP contribution in [0.4, 0.5) is 4.39 Å². The molecule has 1 aromatic carbocycles. The van der Waals surface area contributed by atoms with Crippen LogP contribution in [0.1, 0.15) is 133 Å². The zero-order chi connectivity index (χ0) is 22.3. The molecule has 4 rings (SSSR count). The second-order valence-corrected chi connectivity index (χ2v) is 11.4. The number of rotatable bonds is 8. The third kappa shape index (κ3) is 6.16. The summed E-state index contributed by atoms with van der Waals surface area (Å²) in [6.45, 7) is 2.31. The first-order valence-corrected chi connectivity index (χ1v) is 14.0. The van der Waals surface area contributed by atoms with E-state index in [-0.39, 0.29) is 5.82 Å². The summed E-state index contributed by atoms with van der Waals surface area (Å²) in [4.78, 5) is 0. The summed E-state index contributed by atoms with van der Waals surface area (Å²) in [7, 11) is 1.80. The number of halogens is 1. The summed E-state index contributed by atoms with van der Waals surface area (Å²) >= 11 is 0. The number of hydrogen-bond acceptors (Lipinski definition) is 1. The van der Waals surface area contributed by atoms with Crippen LogP contribution in [0.3, 0.4) is 0 Å². The quantitative estimate of drug-likeness (QED) is 0.365. The molecule has 3 fully saturated rings. The number of ether oxygens (including phenoxy) is 1. The molecule has 0 atom stereocenters. The van der Waals surface area contributed by atoms with Crippen molar-refractivity contribution in [2.45, 2.75) is 128 Å². The van der Waals surface area contributed by atoms with Crippen LogP contribution >= 0.6 is 0 Å². The highest BCUT2D eigenvalue weighted by Crippen LogP contribution is 2.45. The van der Waals surface area contributed by atoms with E-state index in [1.807, 2.05) is 6.07 Å². The summed E-state index contributed by atoms with van der Waals surface area (Å²) in [6, 6.07) is 6.27. The molecule has 0 bridgehead atoms. The highest BCUT2D eigenvalue weighted by atomic mass is 19.1. The van der Waals surface area contributed by atoms with Crippen LogP contribution in [0.25, 0.3) is 0 Å². The molecule has 0 heterocycles. The standard InChI is InChI=1S/C30H47FO/c1-3-4-5-6-22-7-9-23(10-8-22)24-11-13-25(14-12-24)27-17-20-29(30(31)21-27)26-15-18-28(32-2)19-16-26/h17,20-26,28H,3-16,18-19H2,1-2H3. The van der Waals surface area contributed by atoms with Crippen molar-refractivity contribution in [2.24, 2.45) is 17.8 Å². The maximum Gasteiger partial charge on any atom is 0.126 e. The van der Waals surface area contributed by atoms with Crippen LogP contribution in [-0.2, 0) is 4.74 Å². The second-order valence-electron chi connectivity index (χ2n) is 11.4. The number of benzene rings is 1. The molecule has 180 valence electrons. The van der Waals surface area contributed by atoms with Crippen molar-refractivity contribution in [3.8, 4) is 0 Å². The zero-order valence-electron chi connectivity index (χ0n) is 20.8. The predicted molar refractivity (Wildman–Crippen MR) is 133 cm³/mol. The number of hydrogen-bond donors (Lipinski definition) is 0. The molecule has 3 saturated carbocycles. The minimum atomic E-state index is 0.0480. The van der Waals surface area contributed by atoms with Gasteiger partial charge in [-0.1, -0.05) is 57.6 Å². The fraction of sp³-hybridized carbons (Fsp3) is 0.800. The van der Waals surface area contributed by atoms with Crippen molar-refractivity contribution in [1.82, 2.24) is 0 Å². The first-order valence-electron chi connectivity index (χ1n) is 14.0. The van der Waals surface area contributed by atoms with Gasteiger partial charge in [-0.3, -0.25) is 0 Å². The van der Waals surface area contributed by atoms with Gasteiger partial charge in [-0.25, -0.2) is 4.39 Å². The first-order chi connectivity index (χ1) is 15.7. The molecule has 0 spiro atoms. The van der Waals surface area contributed by atoms with Crippen LogP contribution in [0.15, 0.2) is 18.2 Å². The topological polar surface area (TPSA) is 9.23 Å². The van der Waals surface area contributed by atoms with Gasteiger partial charge in [-0.05, 0) is 111 Å². The summed E-state index contributed by atoms with van der Waals surface area (Å²) in [5.74, 6) is 3.92. The van der Waals surface area contributed by atoms with Crippen LogP contribution in [0.2, 0.25) is 0 Å². The maximum absolute atomic E-state index is 15.1. The summed E-state index contributed by atoms with van der Waals surface area (Å²) < 4.78 is 20.5. The Labute approximate surface area is 196 Å². The van der Waals surface area contributed by atoms with Crippen LogP contribution in [0, 0.1) is 23.6 Å². The molecule has 0 saturated heterocycles. The van der Waals surface area contributed by atoms with Crippen LogP contribution in [-0.4, -0.2) is 13.2 Å².